The number of hydrogen-bond donors (Lipinski definition) is 2. The second-order valence-corrected chi connectivity index (χ2v) is 4.70. The summed E-state index contributed by atoms with van der Waals surface area (Å²) in [7, 11) is 0. The molecule has 0 unspecified atom stereocenters. The van der Waals surface area contributed by atoms with Gasteiger partial charge in [-0.2, -0.15) is 0 Å². The number of nitrogens with zero attached hydrogens (tertiary/aromatic N) is 2. The lowest BCUT2D eigenvalue weighted by Gasteiger charge is -2.03. The van der Waals surface area contributed by atoms with E-state index in [0.717, 1.165) is 28.1 Å². The van der Waals surface area contributed by atoms with Crippen LogP contribution in [-0.4, -0.2) is 26.6 Å². The number of hydrogen-bond acceptors (Lipinski definition) is 3. The third-order valence-corrected chi connectivity index (χ3v) is 3.41. The first kappa shape index (κ1) is 11.8. The van der Waals surface area contributed by atoms with Crippen LogP contribution in [0.1, 0.15) is 13.3 Å². The summed E-state index contributed by atoms with van der Waals surface area (Å²) >= 11 is 1.77. The van der Waals surface area contributed by atoms with E-state index < -0.39 is 6.09 Å². The molecule has 0 bridgehead atoms. The van der Waals surface area contributed by atoms with E-state index in [1.165, 1.54) is 11.0 Å². The number of thioether (sulfide) groups is 1. The summed E-state index contributed by atoms with van der Waals surface area (Å²) in [5.41, 5.74) is 3.80. The summed E-state index contributed by atoms with van der Waals surface area (Å²) in [6.45, 7) is 2.14. The van der Waals surface area contributed by atoms with Crippen molar-refractivity contribution in [1.29, 1.82) is 0 Å². The summed E-state index contributed by atoms with van der Waals surface area (Å²) in [4.78, 5) is 15.9. The minimum absolute atomic E-state index is 0.758. The zero-order valence-electron chi connectivity index (χ0n) is 9.38. The Labute approximate surface area is 103 Å². The number of fused-ring (bicyclic) bond motifs is 1. The van der Waals surface area contributed by atoms with Crippen LogP contribution in [0, 0.1) is 0 Å². The van der Waals surface area contributed by atoms with Crippen LogP contribution in [0.5, 0.6) is 0 Å². The molecular weight excluding hydrogens is 238 g/mol. The summed E-state index contributed by atoms with van der Waals surface area (Å²) in [6, 6.07) is 5.82. The molecule has 1 amide bonds. The molecule has 0 aliphatic rings. The first-order chi connectivity index (χ1) is 8.20. The molecule has 0 aliphatic carbocycles. The van der Waals surface area contributed by atoms with E-state index in [-0.39, 0.29) is 0 Å². The van der Waals surface area contributed by atoms with Crippen LogP contribution in [0.2, 0.25) is 0 Å². The van der Waals surface area contributed by atoms with Gasteiger partial charge < -0.3 is 5.11 Å². The van der Waals surface area contributed by atoms with Crippen LogP contribution in [0.15, 0.2) is 29.4 Å². The monoisotopic (exact) mass is 251 g/mol. The lowest BCUT2D eigenvalue weighted by atomic mass is 10.3. The van der Waals surface area contributed by atoms with Gasteiger partial charge in [0, 0.05) is 4.90 Å². The van der Waals surface area contributed by atoms with Gasteiger partial charge in [-0.25, -0.2) is 19.9 Å². The van der Waals surface area contributed by atoms with E-state index in [4.69, 9.17) is 5.11 Å². The molecule has 2 N–H and O–H groups in total. The molecule has 90 valence electrons. The molecule has 0 atom stereocenters. The van der Waals surface area contributed by atoms with Crippen LogP contribution >= 0.6 is 11.8 Å². The highest BCUT2D eigenvalue weighted by Gasteiger charge is 2.05. The number of carbonyl (C=O) groups is 1. The van der Waals surface area contributed by atoms with E-state index in [0.29, 0.717) is 0 Å². The Bertz CT molecular complexity index is 538. The molecule has 1 heterocycles. The van der Waals surface area contributed by atoms with Crippen molar-refractivity contribution < 1.29 is 9.90 Å². The second kappa shape index (κ2) is 5.09. The third-order valence-electron chi connectivity index (χ3n) is 2.21. The van der Waals surface area contributed by atoms with Gasteiger partial charge in [-0.05, 0) is 30.4 Å². The van der Waals surface area contributed by atoms with Crippen LogP contribution < -0.4 is 5.43 Å². The van der Waals surface area contributed by atoms with Gasteiger partial charge in [-0.1, -0.05) is 6.92 Å². The maximum Gasteiger partial charge on any atom is 0.424 e. The molecule has 0 fully saturated rings. The zero-order valence-corrected chi connectivity index (χ0v) is 10.2. The lowest BCUT2D eigenvalue weighted by molar-refractivity contribution is 0.206. The van der Waals surface area contributed by atoms with Gasteiger partial charge in [-0.15, -0.1) is 11.8 Å². The summed E-state index contributed by atoms with van der Waals surface area (Å²) < 4.78 is 1.39. The van der Waals surface area contributed by atoms with E-state index in [2.05, 4.69) is 17.3 Å². The van der Waals surface area contributed by atoms with Crippen LogP contribution in [0.25, 0.3) is 11.0 Å². The topological polar surface area (TPSA) is 67.2 Å². The molecule has 6 heteroatoms. The SMILES string of the molecule is CCCSc1ccc2c(c1)ncn2NC(=O)O. The first-order valence-corrected chi connectivity index (χ1v) is 6.29. The quantitative estimate of drug-likeness (QED) is 0.820. The molecule has 1 aromatic heterocycles. The van der Waals surface area contributed by atoms with Crippen LogP contribution in [0.3, 0.4) is 0 Å². The Balaban J connectivity index is 2.28. The van der Waals surface area contributed by atoms with E-state index in [1.54, 1.807) is 11.8 Å². The molecule has 0 aliphatic heterocycles. The number of aromatic nitrogens is 2. The second-order valence-electron chi connectivity index (χ2n) is 3.53. The van der Waals surface area contributed by atoms with Crippen molar-refractivity contribution in [3.05, 3.63) is 24.5 Å². The molecule has 2 aromatic rings. The normalized spacial score (nSPS) is 10.6. The predicted molar refractivity (Wildman–Crippen MR) is 68.1 cm³/mol. The van der Waals surface area contributed by atoms with E-state index in [1.807, 2.05) is 18.2 Å². The summed E-state index contributed by atoms with van der Waals surface area (Å²) in [5, 5.41) is 8.65. The van der Waals surface area contributed by atoms with Gasteiger partial charge in [0.25, 0.3) is 0 Å². The van der Waals surface area contributed by atoms with Crippen molar-refractivity contribution in [1.82, 2.24) is 9.66 Å². The summed E-state index contributed by atoms with van der Waals surface area (Å²) in [5.74, 6) is 1.07. The molecule has 5 nitrogen and oxygen atoms in total. The Morgan fingerprint density at radius 2 is 2.41 bits per heavy atom. The fourth-order valence-electron chi connectivity index (χ4n) is 1.49. The fourth-order valence-corrected chi connectivity index (χ4v) is 2.29. The predicted octanol–water partition coefficient (Wildman–Crippen LogP) is 2.76. The van der Waals surface area contributed by atoms with Gasteiger partial charge in [0.2, 0.25) is 0 Å². The molecule has 0 radical (unpaired) electrons. The molecule has 0 saturated carbocycles. The van der Waals surface area contributed by atoms with Gasteiger partial charge in [0.05, 0.1) is 11.0 Å². The average Bonchev–Trinajstić information content (AvgIpc) is 2.68. The lowest BCUT2D eigenvalue weighted by Crippen LogP contribution is -2.19. The molecule has 2 rings (SSSR count). The van der Waals surface area contributed by atoms with Crippen molar-refractivity contribution in [2.75, 3.05) is 11.2 Å². The van der Waals surface area contributed by atoms with Crippen LogP contribution in [0.4, 0.5) is 4.79 Å². The molecule has 0 spiro atoms. The van der Waals surface area contributed by atoms with Gasteiger partial charge in [-0.3, -0.25) is 0 Å². The molecule has 0 saturated heterocycles. The maximum atomic E-state index is 10.6. The molecule has 17 heavy (non-hydrogen) atoms. The number of amides is 1. The van der Waals surface area contributed by atoms with Crippen LogP contribution in [-0.2, 0) is 0 Å². The number of rotatable bonds is 4. The van der Waals surface area contributed by atoms with Crippen molar-refractivity contribution >= 4 is 28.9 Å². The largest absolute Gasteiger partial charge is 0.464 e. The van der Waals surface area contributed by atoms with Gasteiger partial charge in [0.1, 0.15) is 6.33 Å². The Morgan fingerprint density at radius 1 is 1.59 bits per heavy atom. The van der Waals surface area contributed by atoms with E-state index >= 15 is 0 Å². The standard InChI is InChI=1S/C11H13N3O2S/c1-2-5-17-8-3-4-10-9(6-8)12-7-14(10)13-11(15)16/h3-4,6-7,13H,2,5H2,1H3,(H,15,16). The van der Waals surface area contributed by atoms with Crippen molar-refractivity contribution in [3.8, 4) is 0 Å². The minimum Gasteiger partial charge on any atom is -0.464 e. The highest BCUT2D eigenvalue weighted by molar-refractivity contribution is 7.99. The minimum atomic E-state index is -1.10. The van der Waals surface area contributed by atoms with E-state index in [9.17, 15) is 4.79 Å². The first-order valence-electron chi connectivity index (χ1n) is 5.30. The number of benzene rings is 1. The highest BCUT2D eigenvalue weighted by Crippen LogP contribution is 2.23. The Morgan fingerprint density at radius 3 is 3.12 bits per heavy atom. The number of imidazole rings is 1. The molecular formula is C11H13N3O2S. The van der Waals surface area contributed by atoms with Crippen molar-refractivity contribution in [2.24, 2.45) is 0 Å². The average molecular weight is 251 g/mol. The summed E-state index contributed by atoms with van der Waals surface area (Å²) in [6.07, 6.45) is 1.49. The Hall–Kier alpha value is -1.69. The van der Waals surface area contributed by atoms with Gasteiger partial charge in [0.15, 0.2) is 0 Å². The van der Waals surface area contributed by atoms with Gasteiger partial charge >= 0.3 is 6.09 Å². The smallest absolute Gasteiger partial charge is 0.424 e. The number of nitrogens with one attached hydrogen (secondary N) is 1. The van der Waals surface area contributed by atoms with Crippen molar-refractivity contribution in [2.45, 2.75) is 18.2 Å². The van der Waals surface area contributed by atoms with Crippen molar-refractivity contribution in [3.63, 3.8) is 0 Å². The highest BCUT2D eigenvalue weighted by atomic mass is 32.2. The molecule has 1 aromatic carbocycles. The fraction of sp³-hybridized carbons (Fsp3) is 0.273. The zero-order chi connectivity index (χ0) is 12.3. The third kappa shape index (κ3) is 2.71. The number of carboxylic acid groups (broad SMARTS) is 1. The Kier molecular flexibility index (Phi) is 3.53. The maximum absolute atomic E-state index is 10.6.